The average Bonchev–Trinajstić information content (AvgIpc) is 2.68. The van der Waals surface area contributed by atoms with E-state index in [0.29, 0.717) is 0 Å². The van der Waals surface area contributed by atoms with Crippen molar-refractivity contribution in [1.82, 2.24) is 14.5 Å². The molecule has 0 amide bonds. The Labute approximate surface area is 104 Å². The summed E-state index contributed by atoms with van der Waals surface area (Å²) in [4.78, 5) is 10.6. The van der Waals surface area contributed by atoms with E-state index in [9.17, 15) is 13.2 Å². The number of aryl methyl sites for hydroxylation is 1. The molecule has 0 aliphatic rings. The lowest BCUT2D eigenvalue weighted by Crippen LogP contribution is -2.34. The number of aliphatic hydroxyl groups excluding tert-OH is 1. The smallest absolute Gasteiger partial charge is 0.357 e. The summed E-state index contributed by atoms with van der Waals surface area (Å²) in [7, 11) is -3.98. The first kappa shape index (κ1) is 14.6. The van der Waals surface area contributed by atoms with Crippen molar-refractivity contribution in [1.29, 1.82) is 0 Å². The van der Waals surface area contributed by atoms with Gasteiger partial charge in [-0.25, -0.2) is 13.2 Å². The van der Waals surface area contributed by atoms with Gasteiger partial charge in [0.05, 0.1) is 12.3 Å². The molecular weight excluding hydrogens is 262 g/mol. The van der Waals surface area contributed by atoms with Crippen LogP contribution in [0.5, 0.6) is 0 Å². The lowest BCUT2D eigenvalue weighted by atomic mass is 10.4. The number of nitrogens with one attached hydrogen (secondary N) is 1. The molecule has 0 aliphatic heterocycles. The summed E-state index contributed by atoms with van der Waals surface area (Å²) >= 11 is 0. The molecule has 18 heavy (non-hydrogen) atoms. The first-order valence-corrected chi connectivity index (χ1v) is 6.69. The highest BCUT2D eigenvalue weighted by molar-refractivity contribution is 7.89. The molecule has 8 nitrogen and oxygen atoms in total. The number of hydrogen-bond donors (Lipinski definition) is 3. The van der Waals surface area contributed by atoms with Gasteiger partial charge >= 0.3 is 5.97 Å². The van der Waals surface area contributed by atoms with Crippen LogP contribution in [0, 0.1) is 6.92 Å². The van der Waals surface area contributed by atoms with E-state index in [1.165, 1.54) is 6.92 Å². The van der Waals surface area contributed by atoms with Crippen LogP contribution < -0.4 is 0 Å². The topological polar surface area (TPSA) is 124 Å². The van der Waals surface area contributed by atoms with Crippen molar-refractivity contribution in [2.24, 2.45) is 0 Å². The molecule has 0 radical (unpaired) electrons. The number of aromatic carboxylic acids is 1. The standard InChI is InChI=1S/C9H15N3O5S/c1-3-12(4-5-13)18(16,17)8-6(2)10-11-7(8)9(14)15/h13H,3-5H2,1-2H3,(H,10,11)(H,14,15). The lowest BCUT2D eigenvalue weighted by molar-refractivity contribution is 0.0686. The van der Waals surface area contributed by atoms with E-state index < -0.39 is 21.7 Å². The fourth-order valence-corrected chi connectivity index (χ4v) is 3.30. The maximum Gasteiger partial charge on any atom is 0.357 e. The van der Waals surface area contributed by atoms with Crippen molar-refractivity contribution in [2.45, 2.75) is 18.7 Å². The van der Waals surface area contributed by atoms with Crippen LogP contribution in [-0.4, -0.2) is 58.8 Å². The molecule has 0 saturated carbocycles. The van der Waals surface area contributed by atoms with Gasteiger partial charge in [-0.3, -0.25) is 5.10 Å². The first-order valence-electron chi connectivity index (χ1n) is 5.25. The molecule has 0 atom stereocenters. The summed E-state index contributed by atoms with van der Waals surface area (Å²) in [6.07, 6.45) is 0. The van der Waals surface area contributed by atoms with Gasteiger partial charge < -0.3 is 10.2 Å². The Bertz CT molecular complexity index is 536. The highest BCUT2D eigenvalue weighted by atomic mass is 32.2. The normalized spacial score (nSPS) is 12.0. The molecule has 0 saturated heterocycles. The van der Waals surface area contributed by atoms with E-state index in [2.05, 4.69) is 10.2 Å². The van der Waals surface area contributed by atoms with Crippen molar-refractivity contribution in [2.75, 3.05) is 19.7 Å². The molecule has 1 aromatic rings. The van der Waals surface area contributed by atoms with Gasteiger partial charge in [-0.1, -0.05) is 6.92 Å². The van der Waals surface area contributed by atoms with E-state index >= 15 is 0 Å². The molecule has 0 spiro atoms. The van der Waals surface area contributed by atoms with Crippen molar-refractivity contribution < 1.29 is 23.4 Å². The number of H-pyrrole nitrogens is 1. The van der Waals surface area contributed by atoms with Crippen molar-refractivity contribution in [3.8, 4) is 0 Å². The Morgan fingerprint density at radius 1 is 1.50 bits per heavy atom. The molecule has 3 N–H and O–H groups in total. The Hall–Kier alpha value is -1.45. The minimum absolute atomic E-state index is 0.0947. The molecule has 102 valence electrons. The third kappa shape index (κ3) is 2.52. The Morgan fingerprint density at radius 2 is 2.11 bits per heavy atom. The van der Waals surface area contributed by atoms with Gasteiger partial charge in [0.15, 0.2) is 5.69 Å². The first-order chi connectivity index (χ1) is 8.36. The summed E-state index contributed by atoms with van der Waals surface area (Å²) in [6.45, 7) is 2.73. The van der Waals surface area contributed by atoms with E-state index in [4.69, 9.17) is 10.2 Å². The van der Waals surface area contributed by atoms with E-state index in [-0.39, 0.29) is 30.3 Å². The highest BCUT2D eigenvalue weighted by Gasteiger charge is 2.32. The second-order valence-electron chi connectivity index (χ2n) is 3.55. The molecular formula is C9H15N3O5S. The van der Waals surface area contributed by atoms with Crippen LogP contribution in [0.3, 0.4) is 0 Å². The molecule has 0 aliphatic carbocycles. The zero-order valence-electron chi connectivity index (χ0n) is 10.0. The van der Waals surface area contributed by atoms with Crippen LogP contribution >= 0.6 is 0 Å². The number of rotatable bonds is 6. The van der Waals surface area contributed by atoms with Gasteiger partial charge in [-0.2, -0.15) is 9.40 Å². The predicted molar refractivity (Wildman–Crippen MR) is 61.8 cm³/mol. The minimum atomic E-state index is -3.98. The Morgan fingerprint density at radius 3 is 2.56 bits per heavy atom. The SMILES string of the molecule is CCN(CCO)S(=O)(=O)c1c(C(=O)O)n[nH]c1C. The van der Waals surface area contributed by atoms with Crippen LogP contribution in [0.25, 0.3) is 0 Å². The summed E-state index contributed by atoms with van der Waals surface area (Å²) in [5.74, 6) is -1.42. The number of aromatic amines is 1. The van der Waals surface area contributed by atoms with Gasteiger partial charge in [-0.05, 0) is 6.92 Å². The van der Waals surface area contributed by atoms with Crippen LogP contribution in [-0.2, 0) is 10.0 Å². The molecule has 9 heteroatoms. The number of sulfonamides is 1. The van der Waals surface area contributed by atoms with Gasteiger partial charge in [0.1, 0.15) is 4.90 Å². The monoisotopic (exact) mass is 277 g/mol. The van der Waals surface area contributed by atoms with E-state index in [1.807, 2.05) is 0 Å². The number of aliphatic hydroxyl groups is 1. The summed E-state index contributed by atoms with van der Waals surface area (Å²) in [6, 6.07) is 0. The number of carboxylic acid groups (broad SMARTS) is 1. The second kappa shape index (κ2) is 5.46. The van der Waals surface area contributed by atoms with E-state index in [1.54, 1.807) is 6.92 Å². The summed E-state index contributed by atoms with van der Waals surface area (Å²) in [5.41, 5.74) is -0.382. The highest BCUT2D eigenvalue weighted by Crippen LogP contribution is 2.21. The quantitative estimate of drug-likeness (QED) is 0.639. The summed E-state index contributed by atoms with van der Waals surface area (Å²) < 4.78 is 25.5. The van der Waals surface area contributed by atoms with Crippen LogP contribution in [0.1, 0.15) is 23.1 Å². The zero-order chi connectivity index (χ0) is 13.9. The zero-order valence-corrected chi connectivity index (χ0v) is 10.9. The Balaban J connectivity index is 3.35. The van der Waals surface area contributed by atoms with E-state index in [0.717, 1.165) is 4.31 Å². The number of aromatic nitrogens is 2. The number of hydrogen-bond acceptors (Lipinski definition) is 5. The lowest BCUT2D eigenvalue weighted by Gasteiger charge is -2.19. The third-order valence-corrected chi connectivity index (χ3v) is 4.53. The predicted octanol–water partition coefficient (Wildman–Crippen LogP) is -0.581. The molecule has 1 aromatic heterocycles. The van der Waals surface area contributed by atoms with Gasteiger partial charge in [0.2, 0.25) is 10.0 Å². The average molecular weight is 277 g/mol. The van der Waals surface area contributed by atoms with Crippen LogP contribution in [0.15, 0.2) is 4.90 Å². The maximum absolute atomic E-state index is 12.3. The number of carbonyl (C=O) groups is 1. The van der Waals surface area contributed by atoms with Gasteiger partial charge in [0, 0.05) is 13.1 Å². The van der Waals surface area contributed by atoms with Crippen molar-refractivity contribution >= 4 is 16.0 Å². The van der Waals surface area contributed by atoms with Crippen LogP contribution in [0.4, 0.5) is 0 Å². The third-order valence-electron chi connectivity index (χ3n) is 2.39. The second-order valence-corrected chi connectivity index (χ2v) is 5.43. The van der Waals surface area contributed by atoms with Crippen LogP contribution in [0.2, 0.25) is 0 Å². The van der Waals surface area contributed by atoms with Gasteiger partial charge in [-0.15, -0.1) is 0 Å². The minimum Gasteiger partial charge on any atom is -0.476 e. The molecule has 0 unspecified atom stereocenters. The molecule has 0 bridgehead atoms. The van der Waals surface area contributed by atoms with Crippen molar-refractivity contribution in [3.63, 3.8) is 0 Å². The number of nitrogens with zero attached hydrogens (tertiary/aromatic N) is 2. The summed E-state index contributed by atoms with van der Waals surface area (Å²) in [5, 5.41) is 23.6. The molecule has 1 heterocycles. The maximum atomic E-state index is 12.3. The fourth-order valence-electron chi connectivity index (χ4n) is 1.57. The Kier molecular flexibility index (Phi) is 4.43. The molecule has 0 fully saturated rings. The van der Waals surface area contributed by atoms with Gasteiger partial charge in [0.25, 0.3) is 0 Å². The molecule has 1 rings (SSSR count). The number of likely N-dealkylation sites (N-methyl/N-ethyl adjacent to an activating group) is 1. The molecule has 0 aromatic carbocycles. The largest absolute Gasteiger partial charge is 0.476 e. The number of carboxylic acids is 1. The fraction of sp³-hybridized carbons (Fsp3) is 0.556. The van der Waals surface area contributed by atoms with Crippen molar-refractivity contribution in [3.05, 3.63) is 11.4 Å².